The predicted octanol–water partition coefficient (Wildman–Crippen LogP) is 1.54. The highest BCUT2D eigenvalue weighted by Gasteiger charge is 1.92. The molecule has 0 atom stereocenters. The average molecular weight is 158 g/mol. The Morgan fingerprint density at radius 1 is 1.40 bits per heavy atom. The molecule has 0 unspecified atom stereocenters. The molecule has 0 N–H and O–H groups in total. The molecule has 0 fully saturated rings. The maximum atomic E-state index is 11.6. The van der Waals surface area contributed by atoms with Crippen LogP contribution in [-0.2, 0) is 0 Å². The second-order valence-electron chi connectivity index (χ2n) is 1.57. The summed E-state index contributed by atoms with van der Waals surface area (Å²) in [5, 5.41) is 0.639. The lowest BCUT2D eigenvalue weighted by molar-refractivity contribution is 0.532. The Labute approximate surface area is 62.9 Å². The van der Waals surface area contributed by atoms with E-state index in [2.05, 4.69) is 9.97 Å². The van der Waals surface area contributed by atoms with Gasteiger partial charge in [-0.1, -0.05) is 11.8 Å². The van der Waals surface area contributed by atoms with Crippen LogP contribution in [0.25, 0.3) is 0 Å². The first-order chi connectivity index (χ1) is 4.93. The fraction of sp³-hybridized carbons (Fsp3) is 0.333. The average Bonchev–Trinajstić information content (AvgIpc) is 2.03. The van der Waals surface area contributed by atoms with Crippen LogP contribution >= 0.6 is 11.8 Å². The van der Waals surface area contributed by atoms with Crippen molar-refractivity contribution in [2.75, 3.05) is 12.4 Å². The first-order valence-electron chi connectivity index (χ1n) is 2.89. The smallest absolute Gasteiger partial charge is 0.187 e. The number of nitrogens with zero attached hydrogens (tertiary/aromatic N) is 2. The molecule has 0 aliphatic rings. The van der Waals surface area contributed by atoms with Crippen LogP contribution in [0.3, 0.4) is 0 Å². The van der Waals surface area contributed by atoms with Gasteiger partial charge in [-0.15, -0.1) is 0 Å². The molecule has 0 bridgehead atoms. The molecule has 1 heterocycles. The molecule has 1 aromatic heterocycles. The van der Waals surface area contributed by atoms with Crippen molar-refractivity contribution in [3.8, 4) is 0 Å². The molecule has 0 aliphatic carbocycles. The van der Waals surface area contributed by atoms with E-state index in [-0.39, 0.29) is 6.67 Å². The van der Waals surface area contributed by atoms with Gasteiger partial charge in [0.05, 0.1) is 6.67 Å². The van der Waals surface area contributed by atoms with Gasteiger partial charge < -0.3 is 0 Å². The van der Waals surface area contributed by atoms with E-state index in [9.17, 15) is 4.39 Å². The van der Waals surface area contributed by atoms with Gasteiger partial charge in [0.25, 0.3) is 0 Å². The highest BCUT2D eigenvalue weighted by molar-refractivity contribution is 7.99. The number of aromatic nitrogens is 2. The Morgan fingerprint density at radius 2 is 2.10 bits per heavy atom. The van der Waals surface area contributed by atoms with Crippen LogP contribution < -0.4 is 0 Å². The molecule has 0 aliphatic heterocycles. The molecule has 1 rings (SSSR count). The molecule has 4 heteroatoms. The lowest BCUT2D eigenvalue weighted by Gasteiger charge is -1.92. The summed E-state index contributed by atoms with van der Waals surface area (Å²) >= 11 is 1.32. The third kappa shape index (κ3) is 2.31. The van der Waals surface area contributed by atoms with Crippen molar-refractivity contribution in [2.24, 2.45) is 0 Å². The summed E-state index contributed by atoms with van der Waals surface area (Å²) in [4.78, 5) is 7.80. The summed E-state index contributed by atoms with van der Waals surface area (Å²) in [7, 11) is 0. The fourth-order valence-electron chi connectivity index (χ4n) is 0.490. The lowest BCUT2D eigenvalue weighted by Crippen LogP contribution is -1.86. The number of hydrogen-bond acceptors (Lipinski definition) is 3. The van der Waals surface area contributed by atoms with Gasteiger partial charge in [-0.2, -0.15) is 0 Å². The topological polar surface area (TPSA) is 25.8 Å². The number of alkyl halides is 1. The first kappa shape index (κ1) is 7.47. The van der Waals surface area contributed by atoms with Crippen LogP contribution in [0.4, 0.5) is 4.39 Å². The van der Waals surface area contributed by atoms with E-state index in [1.54, 1.807) is 18.5 Å². The molecule has 0 amide bonds. The minimum Gasteiger partial charge on any atom is -0.250 e. The van der Waals surface area contributed by atoms with Crippen LogP contribution in [0, 0.1) is 0 Å². The van der Waals surface area contributed by atoms with Crippen LogP contribution in [0.2, 0.25) is 0 Å². The lowest BCUT2D eigenvalue weighted by atomic mass is 10.7. The zero-order valence-corrected chi connectivity index (χ0v) is 6.14. The minimum absolute atomic E-state index is 0.330. The summed E-state index contributed by atoms with van der Waals surface area (Å²) < 4.78 is 11.6. The molecule has 0 saturated heterocycles. The highest BCUT2D eigenvalue weighted by Crippen LogP contribution is 2.09. The normalized spacial score (nSPS) is 9.70. The van der Waals surface area contributed by atoms with Gasteiger partial charge in [0.2, 0.25) is 0 Å². The number of rotatable bonds is 3. The Bertz CT molecular complexity index is 180. The molecule has 0 saturated carbocycles. The minimum atomic E-state index is -0.330. The van der Waals surface area contributed by atoms with Crippen LogP contribution in [-0.4, -0.2) is 22.4 Å². The van der Waals surface area contributed by atoms with E-state index >= 15 is 0 Å². The second-order valence-corrected chi connectivity index (χ2v) is 2.63. The van der Waals surface area contributed by atoms with E-state index in [0.717, 1.165) is 0 Å². The Hall–Kier alpha value is -0.640. The van der Waals surface area contributed by atoms with Gasteiger partial charge in [0, 0.05) is 18.1 Å². The SMILES string of the molecule is FCCSc1ncccn1. The molecule has 0 radical (unpaired) electrons. The van der Waals surface area contributed by atoms with Crippen molar-refractivity contribution in [2.45, 2.75) is 5.16 Å². The van der Waals surface area contributed by atoms with Gasteiger partial charge in [-0.25, -0.2) is 9.97 Å². The maximum Gasteiger partial charge on any atom is 0.187 e. The Morgan fingerprint density at radius 3 is 2.70 bits per heavy atom. The summed E-state index contributed by atoms with van der Waals surface area (Å²) in [6, 6.07) is 1.74. The molecule has 1 aromatic rings. The van der Waals surface area contributed by atoms with Gasteiger partial charge >= 0.3 is 0 Å². The van der Waals surface area contributed by atoms with E-state index in [1.807, 2.05) is 0 Å². The molecule has 0 spiro atoms. The summed E-state index contributed by atoms with van der Waals surface area (Å²) in [5.41, 5.74) is 0. The van der Waals surface area contributed by atoms with Crippen LogP contribution in [0.15, 0.2) is 23.6 Å². The molecule has 10 heavy (non-hydrogen) atoms. The second kappa shape index (κ2) is 4.22. The standard InChI is InChI=1S/C6H7FN2S/c7-2-5-10-6-8-3-1-4-9-6/h1,3-4H,2,5H2. The zero-order valence-electron chi connectivity index (χ0n) is 5.33. The van der Waals surface area contributed by atoms with Crippen molar-refractivity contribution in [3.63, 3.8) is 0 Å². The summed E-state index contributed by atoms with van der Waals surface area (Å²) in [6.07, 6.45) is 3.29. The Kier molecular flexibility index (Phi) is 3.15. The molecule has 2 nitrogen and oxygen atoms in total. The molecule has 54 valence electrons. The monoisotopic (exact) mass is 158 g/mol. The molecule has 0 aromatic carbocycles. The van der Waals surface area contributed by atoms with Gasteiger partial charge in [0.1, 0.15) is 0 Å². The molecular formula is C6H7FN2S. The van der Waals surface area contributed by atoms with E-state index < -0.39 is 0 Å². The molecular weight excluding hydrogens is 151 g/mol. The third-order valence-corrected chi connectivity index (χ3v) is 1.68. The van der Waals surface area contributed by atoms with Crippen LogP contribution in [0.1, 0.15) is 0 Å². The number of hydrogen-bond donors (Lipinski definition) is 0. The zero-order chi connectivity index (χ0) is 7.23. The van der Waals surface area contributed by atoms with Gasteiger partial charge in [0.15, 0.2) is 5.16 Å². The predicted molar refractivity (Wildman–Crippen MR) is 38.7 cm³/mol. The summed E-state index contributed by atoms with van der Waals surface area (Å²) in [5.74, 6) is 0.435. The highest BCUT2D eigenvalue weighted by atomic mass is 32.2. The number of thioether (sulfide) groups is 1. The fourth-order valence-corrected chi connectivity index (χ4v) is 1.02. The van der Waals surface area contributed by atoms with E-state index in [0.29, 0.717) is 10.9 Å². The van der Waals surface area contributed by atoms with Crippen molar-refractivity contribution in [1.29, 1.82) is 0 Å². The van der Waals surface area contributed by atoms with Crippen LogP contribution in [0.5, 0.6) is 0 Å². The number of halogens is 1. The first-order valence-corrected chi connectivity index (χ1v) is 3.88. The van der Waals surface area contributed by atoms with Gasteiger partial charge in [-0.3, -0.25) is 4.39 Å². The third-order valence-electron chi connectivity index (χ3n) is 0.850. The van der Waals surface area contributed by atoms with Crippen molar-refractivity contribution < 1.29 is 4.39 Å². The summed E-state index contributed by atoms with van der Waals surface area (Å²) in [6.45, 7) is -0.330. The Balaban J connectivity index is 2.43. The maximum absolute atomic E-state index is 11.6. The van der Waals surface area contributed by atoms with Crippen molar-refractivity contribution in [1.82, 2.24) is 9.97 Å². The van der Waals surface area contributed by atoms with Gasteiger partial charge in [-0.05, 0) is 6.07 Å². The quantitative estimate of drug-likeness (QED) is 0.493. The van der Waals surface area contributed by atoms with E-state index in [1.165, 1.54) is 11.8 Å². The van der Waals surface area contributed by atoms with E-state index in [4.69, 9.17) is 0 Å². The largest absolute Gasteiger partial charge is 0.250 e. The van der Waals surface area contributed by atoms with Crippen molar-refractivity contribution in [3.05, 3.63) is 18.5 Å². The van der Waals surface area contributed by atoms with Crippen molar-refractivity contribution >= 4 is 11.8 Å².